The zero-order valence-corrected chi connectivity index (χ0v) is 17.8. The summed E-state index contributed by atoms with van der Waals surface area (Å²) in [5, 5.41) is 3.89. The van der Waals surface area contributed by atoms with Crippen molar-refractivity contribution in [3.8, 4) is 5.75 Å². The van der Waals surface area contributed by atoms with Crippen molar-refractivity contribution in [2.45, 2.75) is 32.2 Å². The number of nitrogens with zero attached hydrogens (tertiary/aromatic N) is 1. The van der Waals surface area contributed by atoms with Gasteiger partial charge < -0.3 is 14.6 Å². The molecule has 0 saturated carbocycles. The molecule has 0 unspecified atom stereocenters. The van der Waals surface area contributed by atoms with Crippen LogP contribution < -0.4 is 15.6 Å². The molecule has 1 aromatic heterocycles. The number of benzene rings is 1. The van der Waals surface area contributed by atoms with Crippen molar-refractivity contribution in [1.29, 1.82) is 0 Å². The molecule has 2 rings (SSSR count). The monoisotopic (exact) mass is 474 g/mol. The number of pyridine rings is 1. The lowest BCUT2D eigenvalue weighted by Gasteiger charge is -2.09. The molecule has 146 valence electrons. The van der Waals surface area contributed by atoms with E-state index in [0.717, 1.165) is 17.3 Å². The minimum Gasteiger partial charge on any atom is -0.492 e. The highest BCUT2D eigenvalue weighted by molar-refractivity contribution is 9.10. The van der Waals surface area contributed by atoms with E-state index in [-0.39, 0.29) is 11.5 Å². The van der Waals surface area contributed by atoms with Gasteiger partial charge in [0.2, 0.25) is 5.91 Å². The number of hydrogen-bond donors (Lipinski definition) is 1. The molecule has 1 heterocycles. The Bertz CT molecular complexity index is 827. The second-order valence-electron chi connectivity index (χ2n) is 5.96. The van der Waals surface area contributed by atoms with E-state index in [0.29, 0.717) is 48.3 Å². The summed E-state index contributed by atoms with van der Waals surface area (Å²) in [7, 11) is 0. The molecule has 0 aliphatic carbocycles. The van der Waals surface area contributed by atoms with Crippen molar-refractivity contribution in [2.75, 3.05) is 13.2 Å². The molecular weight excluding hydrogens is 455 g/mol. The first-order chi connectivity index (χ1) is 13.0. The first kappa shape index (κ1) is 21.8. The lowest BCUT2D eigenvalue weighted by molar-refractivity contribution is -0.121. The normalized spacial score (nSPS) is 10.6. The van der Waals surface area contributed by atoms with Crippen LogP contribution in [0, 0.1) is 0 Å². The number of aromatic nitrogens is 1. The van der Waals surface area contributed by atoms with Gasteiger partial charge in [0.1, 0.15) is 5.75 Å². The van der Waals surface area contributed by atoms with Crippen LogP contribution >= 0.6 is 39.1 Å². The van der Waals surface area contributed by atoms with E-state index in [1.807, 2.05) is 0 Å². The number of carbonyl (C=O) groups is 1. The number of halogens is 3. The Labute approximate surface area is 176 Å². The van der Waals surface area contributed by atoms with Gasteiger partial charge in [-0.15, -0.1) is 0 Å². The van der Waals surface area contributed by atoms with Crippen LogP contribution in [0.15, 0.2) is 45.8 Å². The van der Waals surface area contributed by atoms with Crippen LogP contribution in [0.3, 0.4) is 0 Å². The summed E-state index contributed by atoms with van der Waals surface area (Å²) < 4.78 is 8.08. The zero-order valence-electron chi connectivity index (χ0n) is 14.7. The van der Waals surface area contributed by atoms with E-state index in [2.05, 4.69) is 21.2 Å². The van der Waals surface area contributed by atoms with E-state index in [4.69, 9.17) is 27.9 Å². The van der Waals surface area contributed by atoms with E-state index >= 15 is 0 Å². The Balaban J connectivity index is 1.56. The Kier molecular flexibility index (Phi) is 9.18. The van der Waals surface area contributed by atoms with Crippen LogP contribution in [-0.2, 0) is 11.3 Å². The van der Waals surface area contributed by atoms with Crippen LogP contribution in [0.1, 0.15) is 25.7 Å². The SMILES string of the molecule is O=C(CCCOc1ccc(Cl)cc1Cl)NCCCCn1cc(Br)ccc1=O. The van der Waals surface area contributed by atoms with Gasteiger partial charge >= 0.3 is 0 Å². The Morgan fingerprint density at radius 1 is 1.15 bits per heavy atom. The van der Waals surface area contributed by atoms with Gasteiger partial charge in [-0.25, -0.2) is 0 Å². The minimum absolute atomic E-state index is 0.0135. The summed E-state index contributed by atoms with van der Waals surface area (Å²) in [5.41, 5.74) is -0.0250. The van der Waals surface area contributed by atoms with Crippen LogP contribution in [0.25, 0.3) is 0 Å². The molecule has 2 aromatic rings. The van der Waals surface area contributed by atoms with E-state index < -0.39 is 0 Å². The molecule has 0 aliphatic rings. The smallest absolute Gasteiger partial charge is 0.250 e. The molecule has 0 fully saturated rings. The van der Waals surface area contributed by atoms with Crippen LogP contribution in [0.2, 0.25) is 10.0 Å². The van der Waals surface area contributed by atoms with Crippen molar-refractivity contribution in [3.05, 3.63) is 61.4 Å². The molecule has 0 aliphatic heterocycles. The molecular formula is C19H21BrCl2N2O3. The van der Waals surface area contributed by atoms with Crippen molar-refractivity contribution in [1.82, 2.24) is 9.88 Å². The summed E-state index contributed by atoms with van der Waals surface area (Å²) in [5.74, 6) is 0.546. The standard InChI is InChI=1S/C19H21BrCl2N2O3/c20-14-5-8-19(26)24(13-14)10-2-1-9-23-18(25)4-3-11-27-17-7-6-15(21)12-16(17)22/h5-8,12-13H,1-4,9-11H2,(H,23,25). The summed E-state index contributed by atoms with van der Waals surface area (Å²) in [6, 6.07) is 8.29. The van der Waals surface area contributed by atoms with Gasteiger partial charge in [0.15, 0.2) is 0 Å². The van der Waals surface area contributed by atoms with Crippen LogP contribution in [0.4, 0.5) is 0 Å². The van der Waals surface area contributed by atoms with Gasteiger partial charge in [-0.05, 0) is 59.5 Å². The summed E-state index contributed by atoms with van der Waals surface area (Å²) >= 11 is 15.2. The molecule has 1 aromatic carbocycles. The van der Waals surface area contributed by atoms with Gasteiger partial charge in [0.05, 0.1) is 11.6 Å². The van der Waals surface area contributed by atoms with Crippen molar-refractivity contribution < 1.29 is 9.53 Å². The number of aryl methyl sites for hydroxylation is 1. The lowest BCUT2D eigenvalue weighted by Crippen LogP contribution is -2.25. The average Bonchev–Trinajstić information content (AvgIpc) is 2.62. The Hall–Kier alpha value is -1.50. The number of amides is 1. The lowest BCUT2D eigenvalue weighted by atomic mass is 10.2. The van der Waals surface area contributed by atoms with E-state index in [1.54, 1.807) is 35.0 Å². The molecule has 0 bridgehead atoms. The number of carbonyl (C=O) groups excluding carboxylic acids is 1. The third kappa shape index (κ3) is 7.95. The number of hydrogen-bond acceptors (Lipinski definition) is 3. The number of unbranched alkanes of at least 4 members (excludes halogenated alkanes) is 1. The zero-order chi connectivity index (χ0) is 19.6. The molecule has 0 radical (unpaired) electrons. The largest absolute Gasteiger partial charge is 0.492 e. The highest BCUT2D eigenvalue weighted by Crippen LogP contribution is 2.27. The first-order valence-electron chi connectivity index (χ1n) is 8.66. The van der Waals surface area contributed by atoms with Crippen molar-refractivity contribution in [2.24, 2.45) is 0 Å². The first-order valence-corrected chi connectivity index (χ1v) is 10.2. The van der Waals surface area contributed by atoms with Crippen molar-refractivity contribution >= 4 is 45.0 Å². The second kappa shape index (κ2) is 11.4. The molecule has 0 spiro atoms. The fraction of sp³-hybridized carbons (Fsp3) is 0.368. The number of nitrogens with one attached hydrogen (secondary N) is 1. The maximum absolute atomic E-state index is 11.8. The molecule has 5 nitrogen and oxygen atoms in total. The Morgan fingerprint density at radius 2 is 1.96 bits per heavy atom. The molecule has 0 atom stereocenters. The predicted octanol–water partition coefficient (Wildman–Crippen LogP) is 4.67. The predicted molar refractivity (Wildman–Crippen MR) is 112 cm³/mol. The maximum Gasteiger partial charge on any atom is 0.250 e. The Morgan fingerprint density at radius 3 is 2.74 bits per heavy atom. The van der Waals surface area contributed by atoms with Crippen LogP contribution in [0.5, 0.6) is 5.75 Å². The maximum atomic E-state index is 11.8. The van der Waals surface area contributed by atoms with Gasteiger partial charge in [0, 0.05) is 41.3 Å². The molecule has 1 N–H and O–H groups in total. The third-order valence-corrected chi connectivity index (χ3v) is 4.79. The fourth-order valence-electron chi connectivity index (χ4n) is 2.41. The second-order valence-corrected chi connectivity index (χ2v) is 7.72. The van der Waals surface area contributed by atoms with Crippen LogP contribution in [-0.4, -0.2) is 23.6 Å². The molecule has 1 amide bonds. The van der Waals surface area contributed by atoms with E-state index in [1.165, 1.54) is 6.07 Å². The minimum atomic E-state index is -0.0250. The van der Waals surface area contributed by atoms with Gasteiger partial charge in [-0.2, -0.15) is 0 Å². The number of ether oxygens (including phenoxy) is 1. The molecule has 0 saturated heterocycles. The fourth-order valence-corrected chi connectivity index (χ4v) is 3.25. The quantitative estimate of drug-likeness (QED) is 0.507. The van der Waals surface area contributed by atoms with E-state index in [9.17, 15) is 9.59 Å². The molecule has 8 heteroatoms. The molecule has 27 heavy (non-hydrogen) atoms. The average molecular weight is 476 g/mol. The number of rotatable bonds is 10. The summed E-state index contributed by atoms with van der Waals surface area (Å²) in [6.45, 7) is 1.62. The summed E-state index contributed by atoms with van der Waals surface area (Å²) in [4.78, 5) is 23.5. The van der Waals surface area contributed by atoms with Crippen molar-refractivity contribution in [3.63, 3.8) is 0 Å². The third-order valence-electron chi connectivity index (χ3n) is 3.80. The van der Waals surface area contributed by atoms with Gasteiger partial charge in [-0.3, -0.25) is 9.59 Å². The highest BCUT2D eigenvalue weighted by atomic mass is 79.9. The van der Waals surface area contributed by atoms with Gasteiger partial charge in [0.25, 0.3) is 5.56 Å². The topological polar surface area (TPSA) is 60.3 Å². The highest BCUT2D eigenvalue weighted by Gasteiger charge is 2.04. The van der Waals surface area contributed by atoms with Gasteiger partial charge in [-0.1, -0.05) is 23.2 Å². The summed E-state index contributed by atoms with van der Waals surface area (Å²) in [6.07, 6.45) is 4.37.